The van der Waals surface area contributed by atoms with E-state index in [-0.39, 0.29) is 0 Å². The Morgan fingerprint density at radius 3 is 2.80 bits per heavy atom. The molecule has 1 aliphatic rings. The van der Waals surface area contributed by atoms with Crippen LogP contribution in [-0.2, 0) is 13.0 Å². The Hall–Kier alpha value is -2.59. The second-order valence-electron chi connectivity index (χ2n) is 6.26. The lowest BCUT2D eigenvalue weighted by Gasteiger charge is -2.24. The Morgan fingerprint density at radius 1 is 1.12 bits per heavy atom. The molecule has 0 radical (unpaired) electrons. The molecule has 0 saturated heterocycles. The minimum absolute atomic E-state index is 0.378. The summed E-state index contributed by atoms with van der Waals surface area (Å²) in [7, 11) is 0. The van der Waals surface area contributed by atoms with Crippen LogP contribution in [0, 0.1) is 0 Å². The predicted octanol–water partition coefficient (Wildman–Crippen LogP) is 4.82. The van der Waals surface area contributed by atoms with Gasteiger partial charge < -0.3 is 10.2 Å². The number of para-hydroxylation sites is 1. The van der Waals surface area contributed by atoms with E-state index >= 15 is 0 Å². The molecule has 0 bridgehead atoms. The first kappa shape index (κ1) is 15.9. The maximum Gasteiger partial charge on any atom is 0.138 e. The molecule has 5 heteroatoms. The van der Waals surface area contributed by atoms with Crippen LogP contribution in [0.2, 0.25) is 5.02 Å². The summed E-state index contributed by atoms with van der Waals surface area (Å²) < 4.78 is 0. The summed E-state index contributed by atoms with van der Waals surface area (Å²) >= 11 is 6.22. The van der Waals surface area contributed by atoms with E-state index in [1.165, 1.54) is 11.3 Å². The van der Waals surface area contributed by atoms with E-state index in [0.717, 1.165) is 28.6 Å². The van der Waals surface area contributed by atoms with Crippen LogP contribution in [0.4, 0.5) is 17.3 Å². The first-order valence-electron chi connectivity index (χ1n) is 8.39. The average molecular weight is 351 g/mol. The number of hydrogen-bond donors (Lipinski definition) is 1. The summed E-state index contributed by atoms with van der Waals surface area (Å²) in [5.74, 6) is 1.70. The van der Waals surface area contributed by atoms with Crippen LogP contribution in [0.5, 0.6) is 0 Å². The van der Waals surface area contributed by atoms with Gasteiger partial charge in [0, 0.05) is 29.4 Å². The summed E-state index contributed by atoms with van der Waals surface area (Å²) in [5.41, 5.74) is 3.63. The highest BCUT2D eigenvalue weighted by molar-refractivity contribution is 6.31. The van der Waals surface area contributed by atoms with Gasteiger partial charge in [0.15, 0.2) is 0 Å². The Balaban J connectivity index is 1.57. The highest BCUT2D eigenvalue weighted by Gasteiger charge is 2.27. The Kier molecular flexibility index (Phi) is 4.28. The lowest BCUT2D eigenvalue weighted by atomic mass is 10.1. The number of aromatic nitrogens is 2. The molecule has 1 unspecified atom stereocenters. The van der Waals surface area contributed by atoms with E-state index in [4.69, 9.17) is 11.6 Å². The Labute approximate surface area is 152 Å². The SMILES string of the molecule is CC1Cc2ccccc2N1c1cc(NCc2ccccc2Cl)ncn1. The standard InChI is InChI=1S/C20H19ClN4/c1-14-10-15-6-3-5-9-18(15)25(14)20-11-19(23-13-24-20)22-12-16-7-2-4-8-17(16)21/h2-9,11,13-14H,10,12H2,1H3,(H,22,23,24). The zero-order valence-corrected chi connectivity index (χ0v) is 14.7. The molecule has 4 rings (SSSR count). The second-order valence-corrected chi connectivity index (χ2v) is 6.67. The number of anilines is 3. The zero-order chi connectivity index (χ0) is 17.2. The molecular formula is C20H19ClN4. The fourth-order valence-electron chi connectivity index (χ4n) is 3.32. The van der Waals surface area contributed by atoms with Gasteiger partial charge in [0.2, 0.25) is 0 Å². The minimum atomic E-state index is 0.378. The molecular weight excluding hydrogens is 332 g/mol. The fourth-order valence-corrected chi connectivity index (χ4v) is 3.52. The fraction of sp³-hybridized carbons (Fsp3) is 0.200. The average Bonchev–Trinajstić information content (AvgIpc) is 2.97. The lowest BCUT2D eigenvalue weighted by Crippen LogP contribution is -2.25. The predicted molar refractivity (Wildman–Crippen MR) is 103 cm³/mol. The number of rotatable bonds is 4. The molecule has 2 aromatic carbocycles. The van der Waals surface area contributed by atoms with Crippen molar-refractivity contribution in [1.82, 2.24) is 9.97 Å². The van der Waals surface area contributed by atoms with Crippen molar-refractivity contribution in [3.05, 3.63) is 77.1 Å². The minimum Gasteiger partial charge on any atom is -0.366 e. The van der Waals surface area contributed by atoms with Crippen LogP contribution < -0.4 is 10.2 Å². The second kappa shape index (κ2) is 6.73. The smallest absolute Gasteiger partial charge is 0.138 e. The Morgan fingerprint density at radius 2 is 1.92 bits per heavy atom. The van der Waals surface area contributed by atoms with E-state index in [0.29, 0.717) is 12.6 Å². The number of nitrogens with zero attached hydrogens (tertiary/aromatic N) is 3. The van der Waals surface area contributed by atoms with Crippen molar-refractivity contribution in [2.45, 2.75) is 25.9 Å². The number of fused-ring (bicyclic) bond motifs is 1. The zero-order valence-electron chi connectivity index (χ0n) is 14.0. The molecule has 3 aromatic rings. The third-order valence-electron chi connectivity index (χ3n) is 4.52. The summed E-state index contributed by atoms with van der Waals surface area (Å²) in [6.07, 6.45) is 2.64. The molecule has 0 amide bonds. The van der Waals surface area contributed by atoms with Crippen molar-refractivity contribution in [3.8, 4) is 0 Å². The van der Waals surface area contributed by atoms with Crippen molar-refractivity contribution in [1.29, 1.82) is 0 Å². The molecule has 0 aliphatic carbocycles. The van der Waals surface area contributed by atoms with Gasteiger partial charge >= 0.3 is 0 Å². The van der Waals surface area contributed by atoms with E-state index in [2.05, 4.69) is 51.4 Å². The van der Waals surface area contributed by atoms with Crippen LogP contribution in [0.3, 0.4) is 0 Å². The summed E-state index contributed by atoms with van der Waals surface area (Å²) in [6, 6.07) is 18.7. The number of nitrogens with one attached hydrogen (secondary N) is 1. The van der Waals surface area contributed by atoms with Crippen LogP contribution >= 0.6 is 11.6 Å². The van der Waals surface area contributed by atoms with Gasteiger partial charge in [-0.15, -0.1) is 0 Å². The van der Waals surface area contributed by atoms with Crippen molar-refractivity contribution in [3.63, 3.8) is 0 Å². The van der Waals surface area contributed by atoms with Gasteiger partial charge in [0.05, 0.1) is 0 Å². The van der Waals surface area contributed by atoms with Gasteiger partial charge in [0.25, 0.3) is 0 Å². The van der Waals surface area contributed by atoms with Crippen molar-refractivity contribution < 1.29 is 0 Å². The molecule has 0 spiro atoms. The third kappa shape index (κ3) is 3.17. The van der Waals surface area contributed by atoms with Crippen LogP contribution in [0.25, 0.3) is 0 Å². The summed E-state index contributed by atoms with van der Waals surface area (Å²) in [6.45, 7) is 2.85. The largest absolute Gasteiger partial charge is 0.366 e. The molecule has 1 N–H and O–H groups in total. The van der Waals surface area contributed by atoms with Gasteiger partial charge in [-0.3, -0.25) is 0 Å². The molecule has 25 heavy (non-hydrogen) atoms. The van der Waals surface area contributed by atoms with E-state index in [1.54, 1.807) is 6.33 Å². The van der Waals surface area contributed by atoms with Crippen LogP contribution in [-0.4, -0.2) is 16.0 Å². The molecule has 1 atom stereocenters. The molecule has 126 valence electrons. The molecule has 0 saturated carbocycles. The summed E-state index contributed by atoms with van der Waals surface area (Å²) in [5, 5.41) is 4.10. The first-order valence-corrected chi connectivity index (χ1v) is 8.76. The number of hydrogen-bond acceptors (Lipinski definition) is 4. The highest BCUT2D eigenvalue weighted by atomic mass is 35.5. The van der Waals surface area contributed by atoms with Crippen LogP contribution in [0.15, 0.2) is 60.9 Å². The first-order chi connectivity index (χ1) is 12.2. The van der Waals surface area contributed by atoms with Crippen molar-refractivity contribution >= 4 is 28.9 Å². The summed E-state index contributed by atoms with van der Waals surface area (Å²) in [4.78, 5) is 11.1. The molecule has 1 aliphatic heterocycles. The maximum absolute atomic E-state index is 6.22. The van der Waals surface area contributed by atoms with Gasteiger partial charge in [-0.1, -0.05) is 48.0 Å². The van der Waals surface area contributed by atoms with E-state index < -0.39 is 0 Å². The maximum atomic E-state index is 6.22. The number of benzene rings is 2. The third-order valence-corrected chi connectivity index (χ3v) is 4.89. The van der Waals surface area contributed by atoms with Crippen molar-refractivity contribution in [2.75, 3.05) is 10.2 Å². The molecule has 2 heterocycles. The highest BCUT2D eigenvalue weighted by Crippen LogP contribution is 2.37. The van der Waals surface area contributed by atoms with Crippen LogP contribution in [0.1, 0.15) is 18.1 Å². The normalized spacial score (nSPS) is 15.9. The number of halogens is 1. The topological polar surface area (TPSA) is 41.0 Å². The van der Waals surface area contributed by atoms with Crippen molar-refractivity contribution in [2.24, 2.45) is 0 Å². The molecule has 1 aromatic heterocycles. The quantitative estimate of drug-likeness (QED) is 0.732. The van der Waals surface area contributed by atoms with Gasteiger partial charge in [-0.05, 0) is 36.6 Å². The van der Waals surface area contributed by atoms with E-state index in [1.807, 2.05) is 30.3 Å². The van der Waals surface area contributed by atoms with Gasteiger partial charge in [-0.25, -0.2) is 9.97 Å². The Bertz CT molecular complexity index is 896. The lowest BCUT2D eigenvalue weighted by molar-refractivity contribution is 0.749. The van der Waals surface area contributed by atoms with Gasteiger partial charge in [-0.2, -0.15) is 0 Å². The monoisotopic (exact) mass is 350 g/mol. The molecule has 4 nitrogen and oxygen atoms in total. The molecule has 0 fully saturated rings. The van der Waals surface area contributed by atoms with Gasteiger partial charge in [0.1, 0.15) is 18.0 Å². The van der Waals surface area contributed by atoms with E-state index in [9.17, 15) is 0 Å².